The van der Waals surface area contributed by atoms with E-state index in [-0.39, 0.29) is 0 Å². The summed E-state index contributed by atoms with van der Waals surface area (Å²) in [7, 11) is 0. The summed E-state index contributed by atoms with van der Waals surface area (Å²) < 4.78 is 1.52. The van der Waals surface area contributed by atoms with Gasteiger partial charge in [0.25, 0.3) is 0 Å². The Kier molecular flexibility index (Phi) is 29.7. The maximum absolute atomic E-state index is 12.4. The molecule has 1 heterocycles. The summed E-state index contributed by atoms with van der Waals surface area (Å²) in [5.41, 5.74) is 22.4. The number of benzene rings is 2. The van der Waals surface area contributed by atoms with Crippen molar-refractivity contribution in [2.75, 3.05) is 0 Å². The molecule has 0 saturated heterocycles. The van der Waals surface area contributed by atoms with E-state index < -0.39 is 0 Å². The molecule has 0 atom stereocenters. The van der Waals surface area contributed by atoms with Gasteiger partial charge in [0.05, 0.1) is 0 Å². The molecule has 2 aromatic carbocycles. The molecular weight excluding hydrogens is 749 g/mol. The average molecular weight is 841 g/mol. The van der Waals surface area contributed by atoms with Crippen LogP contribution >= 0.6 is 0 Å². The molecule has 2 heteroatoms. The highest BCUT2D eigenvalue weighted by Crippen LogP contribution is 2.39. The summed E-state index contributed by atoms with van der Waals surface area (Å²) >= 11 is 0. The lowest BCUT2D eigenvalue weighted by Crippen LogP contribution is -2.03. The standard InChI is InChI=1S/C60H92N2/c1-6-11-16-20-24-28-32-36-40-52-45-53(41-37-33-29-25-21-17-12-7-2)48-57(47-52)59-51-56(44-15-10-5)60(62(59)61)58-49-54(42-38-34-30-26-22-18-13-8-3)46-55(50-58)43-39-35-31-27-23-19-14-9-4/h36-43,45-51H,6-35,44H2,1-5H3. The monoisotopic (exact) mass is 841 g/mol. The van der Waals surface area contributed by atoms with Gasteiger partial charge in [-0.1, -0.05) is 218 Å². The van der Waals surface area contributed by atoms with Crippen molar-refractivity contribution in [1.82, 2.24) is 0 Å². The minimum atomic E-state index is 0.882. The van der Waals surface area contributed by atoms with Gasteiger partial charge in [-0.05, 0) is 123 Å². The summed E-state index contributed by atoms with van der Waals surface area (Å²) in [4.78, 5) is 0. The van der Waals surface area contributed by atoms with E-state index in [9.17, 15) is 5.53 Å². The number of hydrogen-bond acceptors (Lipinski definition) is 0. The predicted octanol–water partition coefficient (Wildman–Crippen LogP) is 20.7. The normalized spacial score (nSPS) is 13.4. The first-order chi connectivity index (χ1) is 30.5. The topological polar surface area (TPSA) is 25.3 Å². The maximum atomic E-state index is 12.4. The Hall–Kier alpha value is -3.52. The highest BCUT2D eigenvalue weighted by Gasteiger charge is 2.29. The molecule has 0 aromatic heterocycles. The van der Waals surface area contributed by atoms with Crippen LogP contribution in [0, 0.1) is 0 Å². The number of nitrogens with zero attached hydrogens (tertiary/aromatic N) is 2. The maximum Gasteiger partial charge on any atom is 0.210 e. The lowest BCUT2D eigenvalue weighted by molar-refractivity contribution is -0.344. The zero-order valence-electron chi connectivity index (χ0n) is 41.0. The first-order valence-corrected chi connectivity index (χ1v) is 26.4. The molecular formula is C60H92N2. The molecule has 0 unspecified atom stereocenters. The van der Waals surface area contributed by atoms with Gasteiger partial charge in [-0.15, -0.1) is 0 Å². The fraction of sp³-hybridized carbons (Fsp3) is 0.600. The van der Waals surface area contributed by atoms with Crippen LogP contribution in [0.2, 0.25) is 0 Å². The molecule has 0 amide bonds. The Morgan fingerprint density at radius 2 is 0.677 bits per heavy atom. The van der Waals surface area contributed by atoms with Crippen molar-refractivity contribution in [2.24, 2.45) is 0 Å². The van der Waals surface area contributed by atoms with Gasteiger partial charge in [-0.3, -0.25) is 0 Å². The molecule has 0 fully saturated rings. The molecule has 2 aromatic rings. The van der Waals surface area contributed by atoms with Gasteiger partial charge in [0, 0.05) is 22.8 Å². The van der Waals surface area contributed by atoms with Crippen molar-refractivity contribution in [3.8, 4) is 0 Å². The highest BCUT2D eigenvalue weighted by atomic mass is 15.2. The molecule has 1 aliphatic rings. The van der Waals surface area contributed by atoms with Crippen molar-refractivity contribution in [3.63, 3.8) is 0 Å². The quantitative estimate of drug-likeness (QED) is 0.0478. The summed E-state index contributed by atoms with van der Waals surface area (Å²) in [5.74, 6) is 0. The third-order valence-electron chi connectivity index (χ3n) is 12.5. The average Bonchev–Trinajstić information content (AvgIpc) is 3.61. The Morgan fingerprint density at radius 3 is 1.02 bits per heavy atom. The SMILES string of the molecule is CCCCCCCCC=Cc1cc(C=CCCCCCCCC)cc(C2=CC(CCCC)=C(c3cc(C=CCCCCCCCC)cc(C=CCCCCCCCC)c3)[N+]2=[N-])c1. The largest absolute Gasteiger partial charge is 0.493 e. The van der Waals surface area contributed by atoms with Gasteiger partial charge in [0.1, 0.15) is 0 Å². The minimum Gasteiger partial charge on any atom is -0.493 e. The van der Waals surface area contributed by atoms with E-state index in [4.69, 9.17) is 0 Å². The fourth-order valence-corrected chi connectivity index (χ4v) is 8.69. The van der Waals surface area contributed by atoms with Crippen LogP contribution in [0.15, 0.2) is 72.4 Å². The number of hydrogen-bond donors (Lipinski definition) is 0. The molecule has 62 heavy (non-hydrogen) atoms. The van der Waals surface area contributed by atoms with Crippen LogP contribution in [0.3, 0.4) is 0 Å². The second-order valence-electron chi connectivity index (χ2n) is 18.4. The smallest absolute Gasteiger partial charge is 0.210 e. The van der Waals surface area contributed by atoms with Crippen molar-refractivity contribution >= 4 is 35.7 Å². The van der Waals surface area contributed by atoms with Crippen LogP contribution in [0.5, 0.6) is 0 Å². The Bertz CT molecular complexity index is 1600. The van der Waals surface area contributed by atoms with Crippen LogP contribution in [-0.2, 0) is 0 Å². The number of allylic oxidation sites excluding steroid dienone is 6. The van der Waals surface area contributed by atoms with E-state index in [1.165, 1.54) is 187 Å². The Labute approximate surface area is 383 Å². The number of rotatable bonds is 37. The molecule has 0 radical (unpaired) electrons. The van der Waals surface area contributed by atoms with Gasteiger partial charge in [-0.25, -0.2) is 4.70 Å². The van der Waals surface area contributed by atoms with Crippen molar-refractivity contribution in [3.05, 3.63) is 111 Å². The van der Waals surface area contributed by atoms with Crippen molar-refractivity contribution < 1.29 is 4.70 Å². The van der Waals surface area contributed by atoms with Crippen LogP contribution in [0.4, 0.5) is 0 Å². The fourth-order valence-electron chi connectivity index (χ4n) is 8.69. The minimum absolute atomic E-state index is 0.882. The Balaban J connectivity index is 1.92. The van der Waals surface area contributed by atoms with Gasteiger partial charge >= 0.3 is 0 Å². The molecule has 342 valence electrons. The van der Waals surface area contributed by atoms with Crippen molar-refractivity contribution in [2.45, 2.75) is 234 Å². The number of unbranched alkanes of at least 4 members (excludes halogenated alkanes) is 25. The van der Waals surface area contributed by atoms with E-state index in [1.807, 2.05) is 0 Å². The van der Waals surface area contributed by atoms with Gasteiger partial charge in [0.15, 0.2) is 0 Å². The molecule has 0 bridgehead atoms. The summed E-state index contributed by atoms with van der Waals surface area (Å²) in [5, 5.41) is 0. The van der Waals surface area contributed by atoms with E-state index in [0.29, 0.717) is 0 Å². The van der Waals surface area contributed by atoms with Crippen LogP contribution in [0.25, 0.3) is 41.2 Å². The third-order valence-corrected chi connectivity index (χ3v) is 12.5. The third kappa shape index (κ3) is 22.2. The second-order valence-corrected chi connectivity index (χ2v) is 18.4. The van der Waals surface area contributed by atoms with Gasteiger partial charge in [0.2, 0.25) is 11.4 Å². The van der Waals surface area contributed by atoms with E-state index in [0.717, 1.165) is 67.5 Å². The zero-order valence-corrected chi connectivity index (χ0v) is 41.0. The van der Waals surface area contributed by atoms with Gasteiger partial charge in [-0.2, -0.15) is 0 Å². The van der Waals surface area contributed by atoms with Crippen LogP contribution < -0.4 is 0 Å². The molecule has 1 aliphatic heterocycles. The molecule has 3 rings (SSSR count). The highest BCUT2D eigenvalue weighted by molar-refractivity contribution is 5.81. The lowest BCUT2D eigenvalue weighted by Gasteiger charge is -2.12. The summed E-state index contributed by atoms with van der Waals surface area (Å²) in [6.07, 6.45) is 60.3. The summed E-state index contributed by atoms with van der Waals surface area (Å²) in [6.45, 7) is 11.4. The van der Waals surface area contributed by atoms with Crippen LogP contribution in [0.1, 0.15) is 267 Å². The summed E-state index contributed by atoms with van der Waals surface area (Å²) in [6, 6.07) is 13.9. The second kappa shape index (κ2) is 34.9. The Morgan fingerprint density at radius 1 is 0.371 bits per heavy atom. The molecule has 2 nitrogen and oxygen atoms in total. The van der Waals surface area contributed by atoms with Gasteiger partial charge < -0.3 is 5.53 Å². The van der Waals surface area contributed by atoms with E-state index >= 15 is 0 Å². The van der Waals surface area contributed by atoms with Crippen LogP contribution in [-0.4, -0.2) is 4.70 Å². The first kappa shape index (κ1) is 52.8. The lowest BCUT2D eigenvalue weighted by atomic mass is 9.98. The van der Waals surface area contributed by atoms with E-state index in [2.05, 4.69) is 126 Å². The predicted molar refractivity (Wildman–Crippen MR) is 279 cm³/mol. The van der Waals surface area contributed by atoms with E-state index in [1.54, 1.807) is 0 Å². The molecule has 0 aliphatic carbocycles. The first-order valence-electron chi connectivity index (χ1n) is 26.4. The molecule has 0 saturated carbocycles. The van der Waals surface area contributed by atoms with Crippen molar-refractivity contribution in [1.29, 1.82) is 0 Å². The molecule has 0 N–H and O–H groups in total. The zero-order chi connectivity index (χ0) is 44.3. The molecule has 0 spiro atoms.